The Morgan fingerprint density at radius 2 is 2.09 bits per heavy atom. The number of piperidine rings is 1. The molecule has 0 saturated carbocycles. The van der Waals surface area contributed by atoms with Crippen LogP contribution in [0, 0.1) is 5.92 Å². The molecule has 1 amide bonds. The Morgan fingerprint density at radius 3 is 2.87 bits per heavy atom. The van der Waals surface area contributed by atoms with Crippen molar-refractivity contribution in [3.8, 4) is 11.5 Å². The summed E-state index contributed by atoms with van der Waals surface area (Å²) in [6.07, 6.45) is 2.53. The molecular weight excluding hydrogens is 290 g/mol. The normalized spacial score (nSPS) is 20.7. The summed E-state index contributed by atoms with van der Waals surface area (Å²) in [6.45, 7) is 3.99. The van der Waals surface area contributed by atoms with Crippen molar-refractivity contribution in [2.24, 2.45) is 5.92 Å². The summed E-state index contributed by atoms with van der Waals surface area (Å²) >= 11 is 0. The molecule has 23 heavy (non-hydrogen) atoms. The lowest BCUT2D eigenvalue weighted by Gasteiger charge is -2.30. The molecule has 2 aromatic rings. The summed E-state index contributed by atoms with van der Waals surface area (Å²) in [5, 5.41) is 6.41. The van der Waals surface area contributed by atoms with Gasteiger partial charge in [-0.3, -0.25) is 9.78 Å². The molecule has 5 nitrogen and oxygen atoms in total. The first kappa shape index (κ1) is 15.5. The van der Waals surface area contributed by atoms with Crippen molar-refractivity contribution in [2.75, 3.05) is 13.1 Å². The summed E-state index contributed by atoms with van der Waals surface area (Å²) in [5.41, 5.74) is 0.379. The lowest BCUT2D eigenvalue weighted by molar-refractivity contribution is 0.0909. The van der Waals surface area contributed by atoms with Crippen molar-refractivity contribution in [2.45, 2.75) is 19.4 Å². The van der Waals surface area contributed by atoms with E-state index in [1.807, 2.05) is 30.3 Å². The van der Waals surface area contributed by atoms with Crippen molar-refractivity contribution < 1.29 is 9.53 Å². The topological polar surface area (TPSA) is 63.2 Å². The van der Waals surface area contributed by atoms with E-state index in [0.717, 1.165) is 25.3 Å². The highest BCUT2D eigenvalue weighted by Gasteiger charge is 2.23. The number of para-hydroxylation sites is 1. The molecule has 1 aromatic carbocycles. The van der Waals surface area contributed by atoms with Crippen LogP contribution in [0.1, 0.15) is 23.8 Å². The maximum Gasteiger partial charge on any atom is 0.270 e. The average Bonchev–Trinajstić information content (AvgIpc) is 2.58. The highest BCUT2D eigenvalue weighted by Crippen LogP contribution is 2.21. The van der Waals surface area contributed by atoms with E-state index in [-0.39, 0.29) is 11.9 Å². The molecule has 5 heteroatoms. The van der Waals surface area contributed by atoms with Crippen LogP contribution >= 0.6 is 0 Å². The van der Waals surface area contributed by atoms with E-state index in [1.54, 1.807) is 18.3 Å². The van der Waals surface area contributed by atoms with Crippen molar-refractivity contribution in [1.29, 1.82) is 0 Å². The first-order valence-corrected chi connectivity index (χ1v) is 7.93. The maximum absolute atomic E-state index is 12.4. The van der Waals surface area contributed by atoms with Crippen LogP contribution in [0.4, 0.5) is 0 Å². The van der Waals surface area contributed by atoms with Crippen molar-refractivity contribution >= 4 is 5.91 Å². The van der Waals surface area contributed by atoms with Crippen LogP contribution in [0.5, 0.6) is 11.5 Å². The Hall–Kier alpha value is -2.40. The van der Waals surface area contributed by atoms with Gasteiger partial charge >= 0.3 is 0 Å². The Kier molecular flexibility index (Phi) is 4.88. The van der Waals surface area contributed by atoms with Gasteiger partial charge in [0.1, 0.15) is 17.2 Å². The Labute approximate surface area is 136 Å². The second-order valence-corrected chi connectivity index (χ2v) is 5.84. The molecule has 0 radical (unpaired) electrons. The fourth-order valence-corrected chi connectivity index (χ4v) is 2.69. The van der Waals surface area contributed by atoms with Crippen LogP contribution in [0.15, 0.2) is 48.7 Å². The van der Waals surface area contributed by atoms with Crippen molar-refractivity contribution in [3.05, 3.63) is 54.4 Å². The van der Waals surface area contributed by atoms with Gasteiger partial charge in [0.05, 0.1) is 0 Å². The maximum atomic E-state index is 12.4. The minimum atomic E-state index is -0.151. The third-order valence-electron chi connectivity index (χ3n) is 4.04. The molecule has 3 rings (SSSR count). The molecule has 2 N–H and O–H groups in total. The molecule has 2 atom stereocenters. The van der Waals surface area contributed by atoms with Crippen LogP contribution in [0.25, 0.3) is 0 Å². The molecule has 1 aliphatic heterocycles. The first-order chi connectivity index (χ1) is 11.2. The lowest BCUT2D eigenvalue weighted by Crippen LogP contribution is -2.48. The standard InChI is InChI=1S/C18H21N3O2/c1-13-12-19-9-8-16(13)21-18(22)17-11-15(7-10-20-17)23-14-5-3-2-4-6-14/h2-7,10-11,13,16,19H,8-9,12H2,1H3,(H,21,22). The third kappa shape index (κ3) is 4.07. The van der Waals surface area contributed by atoms with Crippen LogP contribution < -0.4 is 15.4 Å². The minimum Gasteiger partial charge on any atom is -0.457 e. The Balaban J connectivity index is 1.67. The predicted molar refractivity (Wildman–Crippen MR) is 88.7 cm³/mol. The number of carbonyl (C=O) groups excluding carboxylic acids is 1. The van der Waals surface area contributed by atoms with Crippen LogP contribution in [0.2, 0.25) is 0 Å². The molecule has 0 bridgehead atoms. The number of nitrogens with zero attached hydrogens (tertiary/aromatic N) is 1. The van der Waals surface area contributed by atoms with Gasteiger partial charge in [-0.25, -0.2) is 0 Å². The number of aromatic nitrogens is 1. The summed E-state index contributed by atoms with van der Waals surface area (Å²) < 4.78 is 5.75. The summed E-state index contributed by atoms with van der Waals surface area (Å²) in [7, 11) is 0. The van der Waals surface area contributed by atoms with E-state index in [4.69, 9.17) is 4.74 Å². The number of amides is 1. The zero-order chi connectivity index (χ0) is 16.1. The zero-order valence-electron chi connectivity index (χ0n) is 13.2. The predicted octanol–water partition coefficient (Wildman–Crippen LogP) is 2.60. The number of hydrogen-bond donors (Lipinski definition) is 2. The highest BCUT2D eigenvalue weighted by molar-refractivity contribution is 5.92. The minimum absolute atomic E-state index is 0.151. The number of hydrogen-bond acceptors (Lipinski definition) is 4. The molecule has 1 fully saturated rings. The fourth-order valence-electron chi connectivity index (χ4n) is 2.69. The van der Waals surface area contributed by atoms with E-state index in [1.165, 1.54) is 0 Å². The molecular formula is C18H21N3O2. The van der Waals surface area contributed by atoms with Crippen LogP contribution in [0.3, 0.4) is 0 Å². The van der Waals surface area contributed by atoms with Gasteiger partial charge in [-0.05, 0) is 43.6 Å². The second-order valence-electron chi connectivity index (χ2n) is 5.84. The number of benzene rings is 1. The molecule has 0 spiro atoms. The molecule has 0 aliphatic carbocycles. The summed E-state index contributed by atoms with van der Waals surface area (Å²) in [5.74, 6) is 1.60. The number of rotatable bonds is 4. The highest BCUT2D eigenvalue weighted by atomic mass is 16.5. The summed E-state index contributed by atoms with van der Waals surface area (Å²) in [6, 6.07) is 13.1. The monoisotopic (exact) mass is 311 g/mol. The lowest BCUT2D eigenvalue weighted by atomic mass is 9.95. The first-order valence-electron chi connectivity index (χ1n) is 7.93. The van der Waals surface area contributed by atoms with E-state index in [0.29, 0.717) is 17.4 Å². The Morgan fingerprint density at radius 1 is 1.26 bits per heavy atom. The molecule has 1 saturated heterocycles. The number of carbonyl (C=O) groups is 1. The van der Waals surface area contributed by atoms with E-state index in [2.05, 4.69) is 22.5 Å². The van der Waals surface area contributed by atoms with Gasteiger partial charge in [-0.1, -0.05) is 25.1 Å². The SMILES string of the molecule is CC1CNCCC1NC(=O)c1cc(Oc2ccccc2)ccn1. The average molecular weight is 311 g/mol. The number of ether oxygens (including phenoxy) is 1. The van der Waals surface area contributed by atoms with Gasteiger partial charge in [0, 0.05) is 18.3 Å². The molecule has 2 unspecified atom stereocenters. The van der Waals surface area contributed by atoms with Gasteiger partial charge in [-0.15, -0.1) is 0 Å². The second kappa shape index (κ2) is 7.24. The quantitative estimate of drug-likeness (QED) is 0.911. The molecule has 1 aliphatic rings. The van der Waals surface area contributed by atoms with Gasteiger partial charge in [0.15, 0.2) is 0 Å². The van der Waals surface area contributed by atoms with Crippen LogP contribution in [-0.2, 0) is 0 Å². The molecule has 120 valence electrons. The fraction of sp³-hybridized carbons (Fsp3) is 0.333. The van der Waals surface area contributed by atoms with Crippen molar-refractivity contribution in [3.63, 3.8) is 0 Å². The van der Waals surface area contributed by atoms with Gasteiger partial charge in [0.25, 0.3) is 5.91 Å². The zero-order valence-corrected chi connectivity index (χ0v) is 13.2. The summed E-state index contributed by atoms with van der Waals surface area (Å²) in [4.78, 5) is 16.6. The number of nitrogens with one attached hydrogen (secondary N) is 2. The van der Waals surface area contributed by atoms with Crippen LogP contribution in [-0.4, -0.2) is 30.0 Å². The smallest absolute Gasteiger partial charge is 0.270 e. The Bertz CT molecular complexity index is 660. The largest absolute Gasteiger partial charge is 0.457 e. The van der Waals surface area contributed by atoms with E-state index >= 15 is 0 Å². The number of pyridine rings is 1. The van der Waals surface area contributed by atoms with Gasteiger partial charge < -0.3 is 15.4 Å². The third-order valence-corrected chi connectivity index (χ3v) is 4.04. The van der Waals surface area contributed by atoms with Gasteiger partial charge in [0.2, 0.25) is 0 Å². The van der Waals surface area contributed by atoms with E-state index in [9.17, 15) is 4.79 Å². The van der Waals surface area contributed by atoms with Crippen molar-refractivity contribution in [1.82, 2.24) is 15.6 Å². The van der Waals surface area contributed by atoms with E-state index < -0.39 is 0 Å². The molecule has 1 aromatic heterocycles. The van der Waals surface area contributed by atoms with Gasteiger partial charge in [-0.2, -0.15) is 0 Å². The molecule has 2 heterocycles.